The predicted octanol–water partition coefficient (Wildman–Crippen LogP) is 2.86. The van der Waals surface area contributed by atoms with Gasteiger partial charge in [0, 0.05) is 17.1 Å². The summed E-state index contributed by atoms with van der Waals surface area (Å²) in [6.45, 7) is 16.7. The van der Waals surface area contributed by atoms with Crippen molar-refractivity contribution in [2.24, 2.45) is 5.41 Å². The number of nitrogens with zero attached hydrogens (tertiary/aromatic N) is 1. The van der Waals surface area contributed by atoms with Crippen molar-refractivity contribution in [2.45, 2.75) is 47.3 Å². The average Bonchev–Trinajstić information content (AvgIpc) is 2.68. The van der Waals surface area contributed by atoms with Crippen molar-refractivity contribution in [1.29, 1.82) is 0 Å². The van der Waals surface area contributed by atoms with Crippen molar-refractivity contribution in [3.8, 4) is 5.75 Å². The van der Waals surface area contributed by atoms with Gasteiger partial charge in [-0.2, -0.15) is 0 Å². The third-order valence-corrected chi connectivity index (χ3v) is 4.88. The van der Waals surface area contributed by atoms with E-state index in [-0.39, 0.29) is 29.9 Å². The second-order valence-corrected chi connectivity index (χ2v) is 7.53. The van der Waals surface area contributed by atoms with Gasteiger partial charge in [0.05, 0.1) is 6.61 Å². The fourth-order valence-electron chi connectivity index (χ4n) is 2.78. The van der Waals surface area contributed by atoms with Crippen molar-refractivity contribution in [3.05, 3.63) is 62.4 Å². The minimum atomic E-state index is -0.705. The number of rotatable bonds is 8. The lowest BCUT2D eigenvalue weighted by atomic mass is 9.90. The monoisotopic (exact) mass is 383 g/mol. The molecule has 1 aromatic carbocycles. The van der Waals surface area contributed by atoms with Crippen LogP contribution in [0.3, 0.4) is 0 Å². The van der Waals surface area contributed by atoms with E-state index < -0.39 is 11.5 Å². The van der Waals surface area contributed by atoms with E-state index in [9.17, 15) is 9.59 Å². The molecule has 1 aromatic heterocycles. The topological polar surface area (TPSA) is 57.5 Å². The summed E-state index contributed by atoms with van der Waals surface area (Å²) in [7, 11) is 0. The molecule has 0 aliphatic carbocycles. The summed E-state index contributed by atoms with van der Waals surface area (Å²) < 4.78 is 12.5. The molecule has 0 spiro atoms. The summed E-state index contributed by atoms with van der Waals surface area (Å²) in [5.74, 6) is -0.564. The van der Waals surface area contributed by atoms with Crippen LogP contribution in [0.15, 0.2) is 35.1 Å². The lowest BCUT2D eigenvalue weighted by Crippen LogP contribution is -2.47. The van der Waals surface area contributed by atoms with Gasteiger partial charge >= 0.3 is 5.97 Å². The minimum absolute atomic E-state index is 0.123. The standard InChI is InChI=1S/C23H29NO4/c1-7-23(5,6)15-24-17(4)16(3)20(19(21(24)25)22(26)27-8-2)28-14-18-12-10-9-11-13-18/h9-13H,3-4,7-8,14-15H2,1-2,5-6H3. The molecule has 5 nitrogen and oxygen atoms in total. The number of esters is 1. The Bertz CT molecular complexity index is 990. The molecular weight excluding hydrogens is 354 g/mol. The molecule has 150 valence electrons. The molecule has 0 unspecified atom stereocenters. The number of aromatic nitrogens is 1. The fourth-order valence-corrected chi connectivity index (χ4v) is 2.78. The summed E-state index contributed by atoms with van der Waals surface area (Å²) in [5.41, 5.74) is 0.197. The number of hydrogen-bond donors (Lipinski definition) is 0. The molecule has 0 aliphatic heterocycles. The Balaban J connectivity index is 2.60. The zero-order valence-corrected chi connectivity index (χ0v) is 17.2. The van der Waals surface area contributed by atoms with Crippen molar-refractivity contribution >= 4 is 19.1 Å². The smallest absolute Gasteiger partial charge is 0.347 e. The summed E-state index contributed by atoms with van der Waals surface area (Å²) in [6, 6.07) is 9.51. The number of carbonyl (C=O) groups excluding carboxylic acids is 1. The highest BCUT2D eigenvalue weighted by Crippen LogP contribution is 2.21. The van der Waals surface area contributed by atoms with E-state index >= 15 is 0 Å². The van der Waals surface area contributed by atoms with Gasteiger partial charge in [0.2, 0.25) is 0 Å². The van der Waals surface area contributed by atoms with E-state index in [0.717, 1.165) is 12.0 Å². The third-order valence-electron chi connectivity index (χ3n) is 4.88. The number of ether oxygens (including phenoxy) is 2. The average molecular weight is 383 g/mol. The molecule has 0 amide bonds. The SMILES string of the molecule is C=c1c(OCc2ccccc2)c(C(=O)OCC)c(=O)n(CC(C)(C)CC)c1=C. The minimum Gasteiger partial charge on any atom is -0.487 e. The summed E-state index contributed by atoms with van der Waals surface area (Å²) in [4.78, 5) is 25.8. The number of hydrogen-bond acceptors (Lipinski definition) is 4. The quantitative estimate of drug-likeness (QED) is 0.658. The molecule has 5 heteroatoms. The molecule has 0 fully saturated rings. The lowest BCUT2D eigenvalue weighted by molar-refractivity contribution is 0.0517. The molecule has 0 atom stereocenters. The lowest BCUT2D eigenvalue weighted by Gasteiger charge is -2.25. The maximum Gasteiger partial charge on any atom is 0.347 e. The molecule has 2 aromatic rings. The number of carbonyl (C=O) groups is 1. The Morgan fingerprint density at radius 1 is 1.14 bits per heavy atom. The molecule has 1 heterocycles. The fraction of sp³-hybridized carbons (Fsp3) is 0.391. The van der Waals surface area contributed by atoms with Crippen LogP contribution >= 0.6 is 0 Å². The van der Waals surface area contributed by atoms with E-state index in [1.807, 2.05) is 30.3 Å². The Hall–Kier alpha value is -2.82. The van der Waals surface area contributed by atoms with Crippen LogP contribution in [0.5, 0.6) is 5.75 Å². The molecule has 0 N–H and O–H groups in total. The molecule has 28 heavy (non-hydrogen) atoms. The van der Waals surface area contributed by atoms with Gasteiger partial charge in [0.15, 0.2) is 5.56 Å². The molecule has 0 bridgehead atoms. The predicted molar refractivity (Wildman–Crippen MR) is 112 cm³/mol. The highest BCUT2D eigenvalue weighted by Gasteiger charge is 2.25. The van der Waals surface area contributed by atoms with E-state index in [1.54, 1.807) is 6.92 Å². The van der Waals surface area contributed by atoms with Gasteiger partial charge < -0.3 is 14.0 Å². The Morgan fingerprint density at radius 2 is 1.79 bits per heavy atom. The Morgan fingerprint density at radius 3 is 2.36 bits per heavy atom. The van der Waals surface area contributed by atoms with E-state index in [4.69, 9.17) is 9.47 Å². The van der Waals surface area contributed by atoms with Gasteiger partial charge in [-0.15, -0.1) is 0 Å². The summed E-state index contributed by atoms with van der Waals surface area (Å²) in [5, 5.41) is 0.869. The maximum absolute atomic E-state index is 13.2. The van der Waals surface area contributed by atoms with Gasteiger partial charge in [-0.25, -0.2) is 4.79 Å². The van der Waals surface area contributed by atoms with E-state index in [2.05, 4.69) is 33.9 Å². The van der Waals surface area contributed by atoms with Crippen LogP contribution in [0.1, 0.15) is 50.0 Å². The van der Waals surface area contributed by atoms with Crippen LogP contribution in [0.2, 0.25) is 0 Å². The van der Waals surface area contributed by atoms with Gasteiger partial charge in [0.25, 0.3) is 5.56 Å². The second kappa shape index (κ2) is 8.91. The highest BCUT2D eigenvalue weighted by molar-refractivity contribution is 5.92. The van der Waals surface area contributed by atoms with Gasteiger partial charge in [0.1, 0.15) is 12.4 Å². The Kier molecular flexibility index (Phi) is 6.84. The zero-order chi connectivity index (χ0) is 20.9. The van der Waals surface area contributed by atoms with Crippen LogP contribution < -0.4 is 20.9 Å². The molecular formula is C23H29NO4. The Labute approximate surface area is 165 Å². The van der Waals surface area contributed by atoms with Gasteiger partial charge in [-0.3, -0.25) is 4.79 Å². The molecule has 0 saturated heterocycles. The molecule has 2 rings (SSSR count). The van der Waals surface area contributed by atoms with E-state index in [0.29, 0.717) is 17.1 Å². The van der Waals surface area contributed by atoms with Crippen LogP contribution in [0.25, 0.3) is 13.2 Å². The van der Waals surface area contributed by atoms with Crippen LogP contribution in [0.4, 0.5) is 0 Å². The van der Waals surface area contributed by atoms with Crippen LogP contribution in [-0.2, 0) is 17.9 Å². The number of pyridine rings is 1. The largest absolute Gasteiger partial charge is 0.487 e. The third kappa shape index (κ3) is 4.71. The first kappa shape index (κ1) is 21.5. The first-order valence-corrected chi connectivity index (χ1v) is 9.50. The van der Waals surface area contributed by atoms with E-state index in [1.165, 1.54) is 4.57 Å². The molecule has 0 saturated carbocycles. The second-order valence-electron chi connectivity index (χ2n) is 7.53. The van der Waals surface area contributed by atoms with Crippen LogP contribution in [-0.4, -0.2) is 17.1 Å². The maximum atomic E-state index is 13.2. The number of benzene rings is 1. The van der Waals surface area contributed by atoms with Crippen molar-refractivity contribution in [1.82, 2.24) is 4.57 Å². The molecule has 0 aliphatic rings. The van der Waals surface area contributed by atoms with Crippen molar-refractivity contribution in [2.75, 3.05) is 6.61 Å². The van der Waals surface area contributed by atoms with Crippen LogP contribution in [0, 0.1) is 5.41 Å². The first-order chi connectivity index (χ1) is 13.2. The molecule has 0 radical (unpaired) electrons. The normalized spacial score (nSPS) is 11.3. The van der Waals surface area contributed by atoms with Crippen molar-refractivity contribution in [3.63, 3.8) is 0 Å². The summed E-state index contributed by atoms with van der Waals surface area (Å²) in [6.07, 6.45) is 0.867. The highest BCUT2D eigenvalue weighted by atomic mass is 16.5. The van der Waals surface area contributed by atoms with Crippen molar-refractivity contribution < 1.29 is 14.3 Å². The summed E-state index contributed by atoms with van der Waals surface area (Å²) >= 11 is 0. The van der Waals surface area contributed by atoms with Gasteiger partial charge in [-0.1, -0.05) is 64.3 Å². The zero-order valence-electron chi connectivity index (χ0n) is 17.2. The first-order valence-electron chi connectivity index (χ1n) is 9.50. The van der Waals surface area contributed by atoms with Gasteiger partial charge in [-0.05, 0) is 24.3 Å².